The highest BCUT2D eigenvalue weighted by Crippen LogP contribution is 2.27. The second-order valence-corrected chi connectivity index (χ2v) is 4.82. The van der Waals surface area contributed by atoms with Gasteiger partial charge in [-0.25, -0.2) is 4.39 Å². The van der Waals surface area contributed by atoms with Crippen LogP contribution in [-0.2, 0) is 0 Å². The molecule has 0 radical (unpaired) electrons. The predicted molar refractivity (Wildman–Crippen MR) is 75.3 cm³/mol. The molecule has 0 aromatic heterocycles. The highest BCUT2D eigenvalue weighted by molar-refractivity contribution is 6.31. The van der Waals surface area contributed by atoms with E-state index < -0.39 is 17.5 Å². The van der Waals surface area contributed by atoms with Crippen LogP contribution in [0, 0.1) is 24.1 Å². The third-order valence-electron chi connectivity index (χ3n) is 3.06. The first-order valence-electron chi connectivity index (χ1n) is 5.99. The molecular formula is C16H11ClFNO. The summed E-state index contributed by atoms with van der Waals surface area (Å²) in [6, 6.07) is 12.8. The minimum absolute atomic E-state index is 0.166. The van der Waals surface area contributed by atoms with E-state index in [1.54, 1.807) is 31.2 Å². The number of ketones is 1. The van der Waals surface area contributed by atoms with Crippen LogP contribution in [0.5, 0.6) is 0 Å². The second kappa shape index (κ2) is 5.85. The fourth-order valence-corrected chi connectivity index (χ4v) is 2.14. The van der Waals surface area contributed by atoms with Gasteiger partial charge in [0.15, 0.2) is 5.78 Å². The van der Waals surface area contributed by atoms with Crippen molar-refractivity contribution in [1.82, 2.24) is 0 Å². The van der Waals surface area contributed by atoms with Crippen LogP contribution in [0.25, 0.3) is 0 Å². The van der Waals surface area contributed by atoms with Gasteiger partial charge in [-0.2, -0.15) is 5.26 Å². The monoisotopic (exact) mass is 287 g/mol. The molecule has 100 valence electrons. The maximum Gasteiger partial charge on any atom is 0.184 e. The fourth-order valence-electron chi connectivity index (χ4n) is 1.89. The predicted octanol–water partition coefficient (Wildman–Crippen LogP) is 4.28. The molecule has 0 fully saturated rings. The number of benzene rings is 2. The highest BCUT2D eigenvalue weighted by atomic mass is 35.5. The Balaban J connectivity index is 2.42. The highest BCUT2D eigenvalue weighted by Gasteiger charge is 2.24. The van der Waals surface area contributed by atoms with Gasteiger partial charge in [0.2, 0.25) is 0 Å². The second-order valence-electron chi connectivity index (χ2n) is 4.41. The van der Waals surface area contributed by atoms with Crippen LogP contribution in [0.15, 0.2) is 42.5 Å². The molecule has 0 spiro atoms. The standard InChI is InChI=1S/C16H11ClFNO/c1-10-6-7-11(8-15(10)18)16(20)13(9-19)12-4-2-3-5-14(12)17/h2-8,13H,1H3. The number of halogens is 2. The van der Waals surface area contributed by atoms with Gasteiger partial charge in [-0.05, 0) is 30.2 Å². The number of hydrogen-bond donors (Lipinski definition) is 0. The molecule has 0 N–H and O–H groups in total. The van der Waals surface area contributed by atoms with Crippen molar-refractivity contribution < 1.29 is 9.18 Å². The van der Waals surface area contributed by atoms with Gasteiger partial charge in [0.1, 0.15) is 11.7 Å². The molecular weight excluding hydrogens is 277 g/mol. The molecule has 4 heteroatoms. The largest absolute Gasteiger partial charge is 0.292 e. The van der Waals surface area contributed by atoms with Gasteiger partial charge in [0, 0.05) is 10.6 Å². The lowest BCUT2D eigenvalue weighted by Gasteiger charge is -2.10. The Hall–Kier alpha value is -2.18. The molecule has 2 nitrogen and oxygen atoms in total. The Kier molecular flexibility index (Phi) is 4.16. The summed E-state index contributed by atoms with van der Waals surface area (Å²) < 4.78 is 13.5. The number of carbonyl (C=O) groups is 1. The number of carbonyl (C=O) groups excluding carboxylic acids is 1. The lowest BCUT2D eigenvalue weighted by Crippen LogP contribution is -2.12. The smallest absolute Gasteiger partial charge is 0.184 e. The van der Waals surface area contributed by atoms with E-state index in [9.17, 15) is 14.4 Å². The molecule has 0 saturated heterocycles. The Labute approximate surface area is 121 Å². The van der Waals surface area contributed by atoms with Crippen molar-refractivity contribution >= 4 is 17.4 Å². The van der Waals surface area contributed by atoms with Crippen LogP contribution in [0.1, 0.15) is 27.4 Å². The average molecular weight is 288 g/mol. The average Bonchev–Trinajstić information content (AvgIpc) is 2.44. The minimum Gasteiger partial charge on any atom is -0.292 e. The van der Waals surface area contributed by atoms with Crippen molar-refractivity contribution in [2.24, 2.45) is 0 Å². The molecule has 2 aromatic carbocycles. The van der Waals surface area contributed by atoms with E-state index in [4.69, 9.17) is 11.6 Å². The van der Waals surface area contributed by atoms with Crippen LogP contribution in [-0.4, -0.2) is 5.78 Å². The molecule has 0 aliphatic carbocycles. The molecule has 20 heavy (non-hydrogen) atoms. The van der Waals surface area contributed by atoms with E-state index >= 15 is 0 Å². The first-order chi connectivity index (χ1) is 9.54. The van der Waals surface area contributed by atoms with Gasteiger partial charge < -0.3 is 0 Å². The Morgan fingerprint density at radius 3 is 2.60 bits per heavy atom. The van der Waals surface area contributed by atoms with Gasteiger partial charge >= 0.3 is 0 Å². The maximum absolute atomic E-state index is 13.5. The summed E-state index contributed by atoms with van der Waals surface area (Å²) in [7, 11) is 0. The normalized spacial score (nSPS) is 11.7. The molecule has 2 aromatic rings. The quantitative estimate of drug-likeness (QED) is 0.791. The van der Waals surface area contributed by atoms with Crippen molar-refractivity contribution in [2.75, 3.05) is 0 Å². The number of hydrogen-bond acceptors (Lipinski definition) is 2. The molecule has 1 atom stereocenters. The summed E-state index contributed by atoms with van der Waals surface area (Å²) in [6.45, 7) is 1.61. The summed E-state index contributed by atoms with van der Waals surface area (Å²) in [5.74, 6) is -1.96. The van der Waals surface area contributed by atoms with Gasteiger partial charge in [0.05, 0.1) is 6.07 Å². The zero-order chi connectivity index (χ0) is 14.7. The Morgan fingerprint density at radius 1 is 1.30 bits per heavy atom. The summed E-state index contributed by atoms with van der Waals surface area (Å²) in [4.78, 5) is 12.3. The van der Waals surface area contributed by atoms with Crippen LogP contribution in [0.4, 0.5) is 4.39 Å². The van der Waals surface area contributed by atoms with Crippen molar-refractivity contribution in [2.45, 2.75) is 12.8 Å². The lowest BCUT2D eigenvalue weighted by atomic mass is 9.91. The van der Waals surface area contributed by atoms with Crippen LogP contribution in [0.2, 0.25) is 5.02 Å². The Morgan fingerprint density at radius 2 is 2.00 bits per heavy atom. The minimum atomic E-state index is -1.04. The van der Waals surface area contributed by atoms with E-state index in [1.807, 2.05) is 6.07 Å². The van der Waals surface area contributed by atoms with Crippen molar-refractivity contribution in [3.63, 3.8) is 0 Å². The summed E-state index contributed by atoms with van der Waals surface area (Å²) >= 11 is 6.01. The maximum atomic E-state index is 13.5. The summed E-state index contributed by atoms with van der Waals surface area (Å²) in [5.41, 5.74) is 1.05. The van der Waals surface area contributed by atoms with Crippen molar-refractivity contribution in [3.05, 3.63) is 70.0 Å². The molecule has 0 aliphatic heterocycles. The molecule has 2 rings (SSSR count). The fraction of sp³-hybridized carbons (Fsp3) is 0.125. The summed E-state index contributed by atoms with van der Waals surface area (Å²) in [6.07, 6.45) is 0. The molecule has 0 heterocycles. The summed E-state index contributed by atoms with van der Waals surface area (Å²) in [5, 5.41) is 9.58. The zero-order valence-corrected chi connectivity index (χ0v) is 11.5. The van der Waals surface area contributed by atoms with Crippen LogP contribution < -0.4 is 0 Å². The number of nitrogens with zero attached hydrogens (tertiary/aromatic N) is 1. The third kappa shape index (κ3) is 2.71. The van der Waals surface area contributed by atoms with Gasteiger partial charge in [-0.3, -0.25) is 4.79 Å². The number of Topliss-reactive ketones (excluding diaryl/α,β-unsaturated/α-hetero) is 1. The van der Waals surface area contributed by atoms with Crippen LogP contribution >= 0.6 is 11.6 Å². The first-order valence-corrected chi connectivity index (χ1v) is 6.37. The van der Waals surface area contributed by atoms with E-state index in [1.165, 1.54) is 12.1 Å². The van der Waals surface area contributed by atoms with Gasteiger partial charge in [-0.1, -0.05) is 41.9 Å². The lowest BCUT2D eigenvalue weighted by molar-refractivity contribution is 0.0978. The molecule has 0 amide bonds. The number of nitriles is 1. The van der Waals surface area contributed by atoms with Gasteiger partial charge in [0.25, 0.3) is 0 Å². The molecule has 0 bridgehead atoms. The number of rotatable bonds is 3. The van der Waals surface area contributed by atoms with Crippen LogP contribution in [0.3, 0.4) is 0 Å². The zero-order valence-electron chi connectivity index (χ0n) is 10.7. The van der Waals surface area contributed by atoms with E-state index in [0.29, 0.717) is 16.1 Å². The van der Waals surface area contributed by atoms with Crippen molar-refractivity contribution in [3.8, 4) is 6.07 Å². The van der Waals surface area contributed by atoms with E-state index in [0.717, 1.165) is 6.07 Å². The Bertz CT molecular complexity index is 706. The third-order valence-corrected chi connectivity index (χ3v) is 3.41. The van der Waals surface area contributed by atoms with E-state index in [2.05, 4.69) is 0 Å². The number of aryl methyl sites for hydroxylation is 1. The molecule has 1 unspecified atom stereocenters. The van der Waals surface area contributed by atoms with Gasteiger partial charge in [-0.15, -0.1) is 0 Å². The topological polar surface area (TPSA) is 40.9 Å². The molecule has 0 aliphatic rings. The van der Waals surface area contributed by atoms with E-state index in [-0.39, 0.29) is 5.56 Å². The first kappa shape index (κ1) is 14.2. The molecule has 0 saturated carbocycles. The SMILES string of the molecule is Cc1ccc(C(=O)C(C#N)c2ccccc2Cl)cc1F. The van der Waals surface area contributed by atoms with Crippen molar-refractivity contribution in [1.29, 1.82) is 5.26 Å².